The molecular weight excluding hydrogens is 652 g/mol. The zero-order valence-corrected chi connectivity index (χ0v) is 28.4. The van der Waals surface area contributed by atoms with Gasteiger partial charge in [-0.2, -0.15) is 9.78 Å². The van der Waals surface area contributed by atoms with E-state index in [1.807, 2.05) is 109 Å². The summed E-state index contributed by atoms with van der Waals surface area (Å²) in [6.45, 7) is 2.07. The maximum Gasteiger partial charge on any atom is 0.338 e. The summed E-state index contributed by atoms with van der Waals surface area (Å²) in [5, 5.41) is 6.03. The van der Waals surface area contributed by atoms with Crippen molar-refractivity contribution in [2.75, 3.05) is 13.7 Å². The van der Waals surface area contributed by atoms with Crippen LogP contribution in [-0.4, -0.2) is 40.1 Å². The van der Waals surface area contributed by atoms with Gasteiger partial charge >= 0.3 is 5.97 Å². The van der Waals surface area contributed by atoms with Crippen LogP contribution in [0.2, 0.25) is 0 Å². The Morgan fingerprint density at radius 2 is 1.52 bits per heavy atom. The second-order valence-corrected chi connectivity index (χ2v) is 12.0. The van der Waals surface area contributed by atoms with Crippen LogP contribution in [0.3, 0.4) is 0 Å². The third-order valence-corrected chi connectivity index (χ3v) is 8.81. The van der Waals surface area contributed by atoms with Crippen molar-refractivity contribution in [2.24, 2.45) is 5.10 Å². The Labute approximate surface area is 298 Å². The molecule has 254 valence electrons. The van der Waals surface area contributed by atoms with E-state index in [-0.39, 0.29) is 17.4 Å². The molecule has 0 N–H and O–H groups in total. The minimum absolute atomic E-state index is 0.247. The molecule has 0 aliphatic rings. The lowest BCUT2D eigenvalue weighted by Crippen LogP contribution is -2.20. The minimum Gasteiger partial charge on any atom is -0.496 e. The van der Waals surface area contributed by atoms with E-state index in [1.165, 1.54) is 4.68 Å². The van der Waals surface area contributed by atoms with E-state index >= 15 is 0 Å². The number of nitrogens with zero attached hydrogens (tertiary/aromatic N) is 4. The lowest BCUT2D eigenvalue weighted by Gasteiger charge is -2.15. The first kappa shape index (κ1) is 32.2. The molecule has 8 rings (SSSR count). The number of furan rings is 1. The second kappa shape index (κ2) is 13.7. The molecule has 0 aliphatic carbocycles. The zero-order valence-electron chi connectivity index (χ0n) is 28.4. The molecule has 52 heavy (non-hydrogen) atoms. The number of aromatic nitrogens is 3. The SMILES string of the molecule is CCOC(=O)c1ccc(-n2c(-c3ccccc3)cc(C=Nn3c(-c4cc5c(OC)cccc5o4)nc4ccccc4c3=O)c2-c2ccccc2)cc1. The lowest BCUT2D eigenvalue weighted by molar-refractivity contribution is 0.0526. The third kappa shape index (κ3) is 5.84. The minimum atomic E-state index is -0.380. The molecule has 0 fully saturated rings. The summed E-state index contributed by atoms with van der Waals surface area (Å²) in [4.78, 5) is 31.6. The van der Waals surface area contributed by atoms with Crippen molar-refractivity contribution in [3.63, 3.8) is 0 Å². The smallest absolute Gasteiger partial charge is 0.338 e. The first-order valence-electron chi connectivity index (χ1n) is 16.8. The van der Waals surface area contributed by atoms with Crippen LogP contribution < -0.4 is 10.3 Å². The summed E-state index contributed by atoms with van der Waals surface area (Å²) < 4.78 is 20.5. The first-order valence-corrected chi connectivity index (χ1v) is 16.8. The summed E-state index contributed by atoms with van der Waals surface area (Å²) >= 11 is 0. The number of hydrogen-bond donors (Lipinski definition) is 0. The molecule has 8 aromatic rings. The van der Waals surface area contributed by atoms with Crippen LogP contribution in [0.25, 0.3) is 61.7 Å². The van der Waals surface area contributed by atoms with Crippen LogP contribution in [0, 0.1) is 0 Å². The molecule has 0 saturated heterocycles. The molecule has 0 amide bonds. The number of para-hydroxylation sites is 1. The van der Waals surface area contributed by atoms with Gasteiger partial charge in [-0.15, -0.1) is 0 Å². The Morgan fingerprint density at radius 3 is 2.25 bits per heavy atom. The van der Waals surface area contributed by atoms with Crippen molar-refractivity contribution in [3.8, 4) is 45.5 Å². The van der Waals surface area contributed by atoms with Crippen molar-refractivity contribution in [3.05, 3.63) is 161 Å². The molecule has 3 heterocycles. The van der Waals surface area contributed by atoms with Gasteiger partial charge in [-0.05, 0) is 78.7 Å². The average molecular weight is 685 g/mol. The molecule has 0 atom stereocenters. The van der Waals surface area contributed by atoms with Crippen LogP contribution in [-0.2, 0) is 4.74 Å². The molecule has 0 aliphatic heterocycles. The van der Waals surface area contributed by atoms with E-state index in [4.69, 9.17) is 24.0 Å². The number of rotatable bonds is 9. The summed E-state index contributed by atoms with van der Waals surface area (Å²) in [5.41, 5.74) is 6.42. The fourth-order valence-corrected chi connectivity index (χ4v) is 6.40. The topological polar surface area (TPSA) is 101 Å². The summed E-state index contributed by atoms with van der Waals surface area (Å²) in [6.07, 6.45) is 1.68. The van der Waals surface area contributed by atoms with Crippen molar-refractivity contribution in [1.29, 1.82) is 0 Å². The van der Waals surface area contributed by atoms with Gasteiger partial charge < -0.3 is 18.5 Å². The Balaban J connectivity index is 1.36. The summed E-state index contributed by atoms with van der Waals surface area (Å²) in [5.74, 6) is 0.876. The van der Waals surface area contributed by atoms with Gasteiger partial charge in [0.2, 0.25) is 5.82 Å². The summed E-state index contributed by atoms with van der Waals surface area (Å²) in [6, 6.07) is 43.9. The Kier molecular flexibility index (Phi) is 8.50. The second-order valence-electron chi connectivity index (χ2n) is 12.0. The normalized spacial score (nSPS) is 11.4. The standard InChI is InChI=1S/C43H32N4O5/c1-3-51-43(49)30-21-23-32(24-22-30)46-36(28-13-6-4-7-14-28)25-31(40(46)29-15-8-5-9-16-29)27-44-47-41(45-35-18-11-10-17-33(35)42(47)48)39-26-34-37(50-2)19-12-20-38(34)52-39/h4-27H,3H2,1-2H3. The lowest BCUT2D eigenvalue weighted by atomic mass is 10.1. The maximum atomic E-state index is 14.2. The fourth-order valence-electron chi connectivity index (χ4n) is 6.40. The number of carbonyl (C=O) groups excluding carboxylic acids is 1. The van der Waals surface area contributed by atoms with E-state index in [0.717, 1.165) is 39.2 Å². The van der Waals surface area contributed by atoms with E-state index in [0.29, 0.717) is 40.2 Å². The quantitative estimate of drug-likeness (QED) is 0.111. The van der Waals surface area contributed by atoms with Crippen LogP contribution in [0.15, 0.2) is 154 Å². The number of esters is 1. The van der Waals surface area contributed by atoms with Gasteiger partial charge in [0.05, 0.1) is 53.2 Å². The van der Waals surface area contributed by atoms with E-state index in [9.17, 15) is 9.59 Å². The molecule has 0 unspecified atom stereocenters. The fraction of sp³-hybridized carbons (Fsp3) is 0.0698. The maximum absolute atomic E-state index is 14.2. The van der Waals surface area contributed by atoms with Crippen molar-refractivity contribution >= 4 is 34.1 Å². The molecule has 5 aromatic carbocycles. The van der Waals surface area contributed by atoms with Gasteiger partial charge in [0.25, 0.3) is 5.56 Å². The highest BCUT2D eigenvalue weighted by atomic mass is 16.5. The molecular formula is C43H32N4O5. The van der Waals surface area contributed by atoms with E-state index in [2.05, 4.69) is 4.57 Å². The third-order valence-electron chi connectivity index (χ3n) is 8.81. The summed E-state index contributed by atoms with van der Waals surface area (Å²) in [7, 11) is 1.60. The average Bonchev–Trinajstić information content (AvgIpc) is 3.81. The molecule has 9 nitrogen and oxygen atoms in total. The predicted molar refractivity (Wildman–Crippen MR) is 203 cm³/mol. The van der Waals surface area contributed by atoms with E-state index in [1.54, 1.807) is 50.6 Å². The van der Waals surface area contributed by atoms with Gasteiger partial charge in [-0.1, -0.05) is 78.9 Å². The number of ether oxygens (including phenoxy) is 2. The van der Waals surface area contributed by atoms with E-state index < -0.39 is 0 Å². The first-order chi connectivity index (χ1) is 25.5. The molecule has 0 spiro atoms. The molecule has 9 heteroatoms. The molecule has 0 radical (unpaired) electrons. The number of fused-ring (bicyclic) bond motifs is 2. The van der Waals surface area contributed by atoms with Crippen LogP contribution in [0.1, 0.15) is 22.8 Å². The van der Waals surface area contributed by atoms with Crippen molar-refractivity contribution in [1.82, 2.24) is 14.2 Å². The van der Waals surface area contributed by atoms with Crippen LogP contribution in [0.4, 0.5) is 0 Å². The van der Waals surface area contributed by atoms with Crippen molar-refractivity contribution in [2.45, 2.75) is 6.92 Å². The molecule has 0 saturated carbocycles. The zero-order chi connectivity index (χ0) is 35.6. The number of methoxy groups -OCH3 is 1. The van der Waals surface area contributed by atoms with Gasteiger partial charge in [0, 0.05) is 11.3 Å². The monoisotopic (exact) mass is 684 g/mol. The Hall–Kier alpha value is -7.00. The number of hydrogen-bond acceptors (Lipinski definition) is 7. The highest BCUT2D eigenvalue weighted by Crippen LogP contribution is 2.36. The molecule has 0 bridgehead atoms. The highest BCUT2D eigenvalue weighted by Gasteiger charge is 2.21. The molecule has 3 aromatic heterocycles. The van der Waals surface area contributed by atoms with Crippen LogP contribution in [0.5, 0.6) is 5.75 Å². The highest BCUT2D eigenvalue weighted by molar-refractivity contribution is 5.95. The van der Waals surface area contributed by atoms with Gasteiger partial charge in [0.15, 0.2) is 5.76 Å². The van der Waals surface area contributed by atoms with Crippen molar-refractivity contribution < 1.29 is 18.7 Å². The Morgan fingerprint density at radius 1 is 0.808 bits per heavy atom. The Bertz CT molecular complexity index is 2660. The van der Waals surface area contributed by atoms with Gasteiger partial charge in [-0.25, -0.2) is 9.78 Å². The number of benzene rings is 5. The van der Waals surface area contributed by atoms with Crippen LogP contribution >= 0.6 is 0 Å². The number of carbonyl (C=O) groups is 1. The predicted octanol–water partition coefficient (Wildman–Crippen LogP) is 9.00. The largest absolute Gasteiger partial charge is 0.496 e. The van der Waals surface area contributed by atoms with Gasteiger partial charge in [-0.3, -0.25) is 4.79 Å². The van der Waals surface area contributed by atoms with Gasteiger partial charge in [0.1, 0.15) is 11.3 Å².